The maximum atomic E-state index is 3.38. The molecule has 1 aliphatic carbocycles. The Balaban J connectivity index is 2.54. The van der Waals surface area contributed by atoms with Crippen LogP contribution in [0.3, 0.4) is 0 Å². The SMILES string of the molecule is CCCC(C)=C=CC1=CCCCC1. The fourth-order valence-corrected chi connectivity index (χ4v) is 1.66. The molecular weight excluding hydrogens is 156 g/mol. The molecule has 0 aromatic rings. The largest absolute Gasteiger partial charge is 0.122 e. The second-order valence-corrected chi connectivity index (χ2v) is 3.84. The molecule has 0 spiro atoms. The highest BCUT2D eigenvalue weighted by atomic mass is 14.0. The van der Waals surface area contributed by atoms with Crippen LogP contribution in [0, 0.1) is 0 Å². The Morgan fingerprint density at radius 2 is 2.38 bits per heavy atom. The minimum atomic E-state index is 1.18. The fraction of sp³-hybridized carbons (Fsp3) is 0.615. The van der Waals surface area contributed by atoms with E-state index in [-0.39, 0.29) is 0 Å². The zero-order chi connectivity index (χ0) is 9.52. The summed E-state index contributed by atoms with van der Waals surface area (Å²) in [5.74, 6) is 0. The summed E-state index contributed by atoms with van der Waals surface area (Å²) in [5.41, 5.74) is 6.25. The topological polar surface area (TPSA) is 0 Å². The monoisotopic (exact) mass is 176 g/mol. The third-order valence-electron chi connectivity index (χ3n) is 2.46. The van der Waals surface area contributed by atoms with E-state index in [9.17, 15) is 0 Å². The maximum Gasteiger partial charge on any atom is -0.0171 e. The highest BCUT2D eigenvalue weighted by molar-refractivity contribution is 5.21. The van der Waals surface area contributed by atoms with Gasteiger partial charge in [0, 0.05) is 0 Å². The summed E-state index contributed by atoms with van der Waals surface area (Å²) in [5, 5.41) is 0. The van der Waals surface area contributed by atoms with Gasteiger partial charge in [-0.1, -0.05) is 19.4 Å². The molecule has 0 amide bonds. The van der Waals surface area contributed by atoms with E-state index >= 15 is 0 Å². The number of hydrogen-bond donors (Lipinski definition) is 0. The molecule has 0 heterocycles. The van der Waals surface area contributed by atoms with Crippen molar-refractivity contribution in [3.8, 4) is 0 Å². The van der Waals surface area contributed by atoms with Gasteiger partial charge in [0.2, 0.25) is 0 Å². The Hall–Kier alpha value is -0.740. The van der Waals surface area contributed by atoms with Crippen LogP contribution >= 0.6 is 0 Å². The first-order valence-corrected chi connectivity index (χ1v) is 5.44. The first-order valence-electron chi connectivity index (χ1n) is 5.44. The van der Waals surface area contributed by atoms with E-state index in [0.29, 0.717) is 0 Å². The Labute approximate surface area is 82.0 Å². The summed E-state index contributed by atoms with van der Waals surface area (Å²) in [7, 11) is 0. The van der Waals surface area contributed by atoms with E-state index in [1.165, 1.54) is 49.7 Å². The standard InChI is InChI=1S/C13H20/c1-3-7-12(2)10-11-13-8-5-4-6-9-13/h8,11H,3-7,9H2,1-2H3. The molecular formula is C13H20. The van der Waals surface area contributed by atoms with Crippen molar-refractivity contribution in [2.45, 2.75) is 52.4 Å². The van der Waals surface area contributed by atoms with Crippen molar-refractivity contribution in [3.05, 3.63) is 29.0 Å². The molecule has 0 atom stereocenters. The smallest absolute Gasteiger partial charge is 0.0171 e. The quantitative estimate of drug-likeness (QED) is 0.559. The van der Waals surface area contributed by atoms with Crippen LogP contribution in [-0.4, -0.2) is 0 Å². The van der Waals surface area contributed by atoms with Gasteiger partial charge in [-0.25, -0.2) is 0 Å². The molecule has 0 nitrogen and oxygen atoms in total. The fourth-order valence-electron chi connectivity index (χ4n) is 1.66. The second-order valence-electron chi connectivity index (χ2n) is 3.84. The molecule has 0 radical (unpaired) electrons. The van der Waals surface area contributed by atoms with Gasteiger partial charge in [-0.05, 0) is 56.3 Å². The number of rotatable bonds is 3. The Kier molecular flexibility index (Phi) is 4.64. The summed E-state index contributed by atoms with van der Waals surface area (Å²) in [6.45, 7) is 4.38. The Morgan fingerprint density at radius 1 is 1.54 bits per heavy atom. The van der Waals surface area contributed by atoms with Crippen LogP contribution < -0.4 is 0 Å². The number of hydrogen-bond acceptors (Lipinski definition) is 0. The molecule has 0 aromatic carbocycles. The molecule has 0 aromatic heterocycles. The van der Waals surface area contributed by atoms with Crippen molar-refractivity contribution in [2.75, 3.05) is 0 Å². The van der Waals surface area contributed by atoms with Crippen molar-refractivity contribution < 1.29 is 0 Å². The van der Waals surface area contributed by atoms with E-state index in [0.717, 1.165) is 0 Å². The lowest BCUT2D eigenvalue weighted by Gasteiger charge is -2.06. The zero-order valence-corrected chi connectivity index (χ0v) is 8.90. The molecule has 72 valence electrons. The highest BCUT2D eigenvalue weighted by Gasteiger charge is 1.98. The van der Waals surface area contributed by atoms with Gasteiger partial charge in [0.15, 0.2) is 0 Å². The summed E-state index contributed by atoms with van der Waals surface area (Å²) in [6, 6.07) is 0. The van der Waals surface area contributed by atoms with E-state index in [1.54, 1.807) is 0 Å². The van der Waals surface area contributed by atoms with E-state index in [1.807, 2.05) is 0 Å². The van der Waals surface area contributed by atoms with Crippen LogP contribution in [-0.2, 0) is 0 Å². The average molecular weight is 176 g/mol. The van der Waals surface area contributed by atoms with Gasteiger partial charge in [0.25, 0.3) is 0 Å². The molecule has 0 saturated carbocycles. The van der Waals surface area contributed by atoms with Gasteiger partial charge < -0.3 is 0 Å². The molecule has 0 aliphatic heterocycles. The zero-order valence-electron chi connectivity index (χ0n) is 8.90. The van der Waals surface area contributed by atoms with Crippen molar-refractivity contribution in [2.24, 2.45) is 0 Å². The molecule has 0 heteroatoms. The molecule has 0 fully saturated rings. The lowest BCUT2D eigenvalue weighted by atomic mass is 9.99. The predicted octanol–water partition coefficient (Wildman–Crippen LogP) is 4.39. The lowest BCUT2D eigenvalue weighted by molar-refractivity contribution is 0.712. The maximum absolute atomic E-state index is 3.38. The normalized spacial score (nSPS) is 16.0. The van der Waals surface area contributed by atoms with Crippen LogP contribution in [0.1, 0.15) is 52.4 Å². The van der Waals surface area contributed by atoms with Crippen molar-refractivity contribution in [3.63, 3.8) is 0 Å². The predicted molar refractivity (Wildman–Crippen MR) is 58.7 cm³/mol. The van der Waals surface area contributed by atoms with Crippen LogP contribution in [0.15, 0.2) is 29.0 Å². The minimum absolute atomic E-state index is 1.18. The van der Waals surface area contributed by atoms with Crippen molar-refractivity contribution in [1.82, 2.24) is 0 Å². The van der Waals surface area contributed by atoms with Gasteiger partial charge in [-0.2, -0.15) is 0 Å². The molecule has 0 saturated heterocycles. The molecule has 1 rings (SSSR count). The van der Waals surface area contributed by atoms with Gasteiger partial charge in [0.1, 0.15) is 0 Å². The van der Waals surface area contributed by atoms with E-state index in [2.05, 4.69) is 31.7 Å². The van der Waals surface area contributed by atoms with Crippen LogP contribution in [0.4, 0.5) is 0 Å². The summed E-state index contributed by atoms with van der Waals surface area (Å²) in [6.07, 6.45) is 12.2. The summed E-state index contributed by atoms with van der Waals surface area (Å²) >= 11 is 0. The minimum Gasteiger partial charge on any atom is -0.122 e. The third kappa shape index (κ3) is 4.15. The van der Waals surface area contributed by atoms with Crippen LogP contribution in [0.2, 0.25) is 0 Å². The number of allylic oxidation sites excluding steroid dienone is 3. The first-order chi connectivity index (χ1) is 6.33. The molecule has 13 heavy (non-hydrogen) atoms. The van der Waals surface area contributed by atoms with Gasteiger partial charge >= 0.3 is 0 Å². The first kappa shape index (κ1) is 10.3. The second kappa shape index (κ2) is 5.83. The lowest BCUT2D eigenvalue weighted by Crippen LogP contribution is -1.87. The van der Waals surface area contributed by atoms with E-state index < -0.39 is 0 Å². The van der Waals surface area contributed by atoms with Gasteiger partial charge in [-0.15, -0.1) is 5.73 Å². The van der Waals surface area contributed by atoms with Crippen molar-refractivity contribution >= 4 is 0 Å². The third-order valence-corrected chi connectivity index (χ3v) is 2.46. The molecule has 0 N–H and O–H groups in total. The summed E-state index contributed by atoms with van der Waals surface area (Å²) < 4.78 is 0. The van der Waals surface area contributed by atoms with Crippen LogP contribution in [0.25, 0.3) is 0 Å². The highest BCUT2D eigenvalue weighted by Crippen LogP contribution is 2.18. The molecule has 0 unspecified atom stereocenters. The Bertz CT molecular complexity index is 237. The van der Waals surface area contributed by atoms with Gasteiger partial charge in [-0.3, -0.25) is 0 Å². The van der Waals surface area contributed by atoms with E-state index in [4.69, 9.17) is 0 Å². The molecule has 1 aliphatic rings. The van der Waals surface area contributed by atoms with Crippen molar-refractivity contribution in [1.29, 1.82) is 0 Å². The molecule has 0 bridgehead atoms. The Morgan fingerprint density at radius 3 is 3.00 bits per heavy atom. The van der Waals surface area contributed by atoms with Crippen LogP contribution in [0.5, 0.6) is 0 Å². The average Bonchev–Trinajstić information content (AvgIpc) is 2.17. The van der Waals surface area contributed by atoms with Gasteiger partial charge in [0.05, 0.1) is 0 Å². The summed E-state index contributed by atoms with van der Waals surface area (Å²) in [4.78, 5) is 0.